The fraction of sp³-hybridized carbons (Fsp3) is 0.520. The summed E-state index contributed by atoms with van der Waals surface area (Å²) in [4.78, 5) is 29.7. The van der Waals surface area contributed by atoms with Crippen LogP contribution in [0.25, 0.3) is 10.3 Å². The highest BCUT2D eigenvalue weighted by molar-refractivity contribution is 7.22. The molecule has 1 aliphatic carbocycles. The summed E-state index contributed by atoms with van der Waals surface area (Å²) in [6, 6.07) is 10.2. The summed E-state index contributed by atoms with van der Waals surface area (Å²) in [5.74, 6) is 1.53. The maximum absolute atomic E-state index is 13.1. The number of carbonyl (C=O) groups excluding carboxylic acids is 1. The van der Waals surface area contributed by atoms with Crippen molar-refractivity contribution in [3.63, 3.8) is 0 Å². The van der Waals surface area contributed by atoms with Gasteiger partial charge in [-0.05, 0) is 51.5 Å². The molecular formula is C25H30N4O2S. The van der Waals surface area contributed by atoms with Gasteiger partial charge >= 0.3 is 0 Å². The minimum Gasteiger partial charge on any atom is -0.371 e. The van der Waals surface area contributed by atoms with Crippen LogP contribution < -0.4 is 4.90 Å². The summed E-state index contributed by atoms with van der Waals surface area (Å²) in [6.45, 7) is 5.31. The highest BCUT2D eigenvalue weighted by atomic mass is 32.1. The molecule has 0 unspecified atom stereocenters. The van der Waals surface area contributed by atoms with Crippen molar-refractivity contribution in [2.75, 3.05) is 11.4 Å². The molecular weight excluding hydrogens is 420 g/mol. The maximum Gasteiger partial charge on any atom is 0.188 e. The van der Waals surface area contributed by atoms with Crippen LogP contribution in [0.3, 0.4) is 0 Å². The van der Waals surface area contributed by atoms with Crippen LogP contribution in [0.5, 0.6) is 0 Å². The number of carbonyl (C=O) groups is 1. The minimum atomic E-state index is -0.0830. The van der Waals surface area contributed by atoms with Gasteiger partial charge in [0, 0.05) is 18.9 Å². The van der Waals surface area contributed by atoms with E-state index in [0.29, 0.717) is 30.6 Å². The van der Waals surface area contributed by atoms with Gasteiger partial charge in [0.2, 0.25) is 0 Å². The van der Waals surface area contributed by atoms with Gasteiger partial charge in [0.25, 0.3) is 0 Å². The molecule has 5 rings (SSSR count). The SMILES string of the molecule is CC(C)OCc1nc(C2CC2)c2sc(N3CCC[C@@H]3C(=O)CCc3ccccc3)nc2n1. The van der Waals surface area contributed by atoms with E-state index in [1.54, 1.807) is 11.3 Å². The molecule has 3 aromatic rings. The lowest BCUT2D eigenvalue weighted by molar-refractivity contribution is -0.120. The minimum absolute atomic E-state index is 0.0830. The molecule has 0 radical (unpaired) electrons. The maximum atomic E-state index is 13.1. The number of fused-ring (bicyclic) bond motifs is 1. The molecule has 1 saturated carbocycles. The molecule has 6 nitrogen and oxygen atoms in total. The first-order valence-electron chi connectivity index (χ1n) is 11.7. The topological polar surface area (TPSA) is 68.2 Å². The summed E-state index contributed by atoms with van der Waals surface area (Å²) in [6.07, 6.45) is 5.77. The van der Waals surface area contributed by atoms with Crippen molar-refractivity contribution in [2.45, 2.75) is 77.0 Å². The molecule has 3 heterocycles. The number of hydrogen-bond donors (Lipinski definition) is 0. The summed E-state index contributed by atoms with van der Waals surface area (Å²) in [7, 11) is 0. The zero-order valence-corrected chi connectivity index (χ0v) is 19.6. The van der Waals surface area contributed by atoms with Crippen LogP contribution in [0.4, 0.5) is 5.13 Å². The Morgan fingerprint density at radius 2 is 1.97 bits per heavy atom. The largest absolute Gasteiger partial charge is 0.371 e. The Morgan fingerprint density at radius 3 is 2.72 bits per heavy atom. The lowest BCUT2D eigenvalue weighted by Crippen LogP contribution is -2.36. The summed E-state index contributed by atoms with van der Waals surface area (Å²) in [5.41, 5.74) is 3.09. The molecule has 1 atom stereocenters. The summed E-state index contributed by atoms with van der Waals surface area (Å²) >= 11 is 1.65. The van der Waals surface area contributed by atoms with E-state index in [1.807, 2.05) is 32.0 Å². The van der Waals surface area contributed by atoms with Gasteiger partial charge in [-0.25, -0.2) is 9.97 Å². The van der Waals surface area contributed by atoms with E-state index in [1.165, 1.54) is 18.4 Å². The fourth-order valence-electron chi connectivity index (χ4n) is 4.35. The molecule has 0 spiro atoms. The van der Waals surface area contributed by atoms with E-state index >= 15 is 0 Å². The third-order valence-corrected chi connectivity index (χ3v) is 7.30. The standard InChI is InChI=1S/C25H30N4O2S/c1-16(2)31-15-21-26-22(18-11-12-18)23-24(27-21)28-25(32-23)29-14-6-9-19(29)20(30)13-10-17-7-4-3-5-8-17/h3-5,7-8,16,18-19H,6,9-15H2,1-2H3/t19-/m1/s1. The highest BCUT2D eigenvalue weighted by Gasteiger charge is 2.34. The van der Waals surface area contributed by atoms with Gasteiger partial charge in [0.1, 0.15) is 6.61 Å². The van der Waals surface area contributed by atoms with Crippen LogP contribution in [-0.4, -0.2) is 39.4 Å². The monoisotopic (exact) mass is 450 g/mol. The number of hydrogen-bond acceptors (Lipinski definition) is 7. The van der Waals surface area contributed by atoms with Crippen LogP contribution in [0, 0.1) is 0 Å². The van der Waals surface area contributed by atoms with Crippen molar-refractivity contribution >= 4 is 32.6 Å². The number of thiazole rings is 1. The molecule has 0 N–H and O–H groups in total. The lowest BCUT2D eigenvalue weighted by Gasteiger charge is -2.22. The van der Waals surface area contributed by atoms with Crippen molar-refractivity contribution in [3.05, 3.63) is 47.4 Å². The van der Waals surface area contributed by atoms with Crippen LogP contribution in [-0.2, 0) is 22.6 Å². The second-order valence-electron chi connectivity index (χ2n) is 9.11. The Morgan fingerprint density at radius 1 is 1.16 bits per heavy atom. The number of anilines is 1. The normalized spacial score (nSPS) is 18.7. The number of ketones is 1. The predicted octanol–water partition coefficient (Wildman–Crippen LogP) is 5.06. The van der Waals surface area contributed by atoms with Gasteiger partial charge in [-0.2, -0.15) is 4.98 Å². The van der Waals surface area contributed by atoms with Gasteiger partial charge in [-0.3, -0.25) is 4.79 Å². The quantitative estimate of drug-likeness (QED) is 0.454. The number of Topliss-reactive ketones (excluding diaryl/α,β-unsaturated/α-hetero) is 1. The number of rotatable bonds is 9. The average Bonchev–Trinajstić information content (AvgIpc) is 3.36. The van der Waals surface area contributed by atoms with Crippen molar-refractivity contribution in [1.82, 2.24) is 15.0 Å². The molecule has 1 saturated heterocycles. The van der Waals surface area contributed by atoms with E-state index in [0.717, 1.165) is 47.0 Å². The number of aromatic nitrogens is 3. The predicted molar refractivity (Wildman–Crippen MR) is 127 cm³/mol. The lowest BCUT2D eigenvalue weighted by atomic mass is 10.0. The van der Waals surface area contributed by atoms with Crippen molar-refractivity contribution in [1.29, 1.82) is 0 Å². The van der Waals surface area contributed by atoms with Crippen LogP contribution in [0.2, 0.25) is 0 Å². The second kappa shape index (κ2) is 9.24. The van der Waals surface area contributed by atoms with Gasteiger partial charge in [-0.15, -0.1) is 0 Å². The number of ether oxygens (including phenoxy) is 1. The second-order valence-corrected chi connectivity index (χ2v) is 10.1. The Kier molecular flexibility index (Phi) is 6.20. The Bertz CT molecular complexity index is 1090. The van der Waals surface area contributed by atoms with E-state index in [2.05, 4.69) is 17.0 Å². The van der Waals surface area contributed by atoms with Gasteiger partial charge in [0.05, 0.1) is 22.5 Å². The molecule has 2 fully saturated rings. The summed E-state index contributed by atoms with van der Waals surface area (Å²) < 4.78 is 6.83. The smallest absolute Gasteiger partial charge is 0.188 e. The molecule has 7 heteroatoms. The first kappa shape index (κ1) is 21.5. The molecule has 32 heavy (non-hydrogen) atoms. The van der Waals surface area contributed by atoms with Crippen molar-refractivity contribution in [3.8, 4) is 0 Å². The highest BCUT2D eigenvalue weighted by Crippen LogP contribution is 2.45. The van der Waals surface area contributed by atoms with E-state index < -0.39 is 0 Å². The van der Waals surface area contributed by atoms with Crippen molar-refractivity contribution < 1.29 is 9.53 Å². The van der Waals surface area contributed by atoms with Gasteiger partial charge in [0.15, 0.2) is 22.4 Å². The number of nitrogens with zero attached hydrogens (tertiary/aromatic N) is 4. The first-order chi connectivity index (χ1) is 15.6. The van der Waals surface area contributed by atoms with Crippen LogP contribution >= 0.6 is 11.3 Å². The Labute approximate surface area is 193 Å². The molecule has 0 amide bonds. The van der Waals surface area contributed by atoms with Crippen LogP contribution in [0.15, 0.2) is 30.3 Å². The zero-order valence-electron chi connectivity index (χ0n) is 18.8. The van der Waals surface area contributed by atoms with E-state index in [4.69, 9.17) is 19.7 Å². The average molecular weight is 451 g/mol. The molecule has 1 aromatic carbocycles. The fourth-order valence-corrected chi connectivity index (χ4v) is 5.50. The van der Waals surface area contributed by atoms with Crippen LogP contribution in [0.1, 0.15) is 69.0 Å². The summed E-state index contributed by atoms with van der Waals surface area (Å²) in [5, 5.41) is 0.911. The van der Waals surface area contributed by atoms with E-state index in [9.17, 15) is 4.79 Å². The van der Waals surface area contributed by atoms with Gasteiger partial charge in [-0.1, -0.05) is 41.7 Å². The zero-order chi connectivity index (χ0) is 22.1. The third-order valence-electron chi connectivity index (χ3n) is 6.20. The Hall–Kier alpha value is -2.38. The van der Waals surface area contributed by atoms with E-state index in [-0.39, 0.29) is 12.1 Å². The van der Waals surface area contributed by atoms with Crippen molar-refractivity contribution in [2.24, 2.45) is 0 Å². The van der Waals surface area contributed by atoms with Gasteiger partial charge < -0.3 is 9.64 Å². The molecule has 2 aliphatic rings. The first-order valence-corrected chi connectivity index (χ1v) is 12.5. The molecule has 2 aromatic heterocycles. The number of aryl methyl sites for hydroxylation is 1. The number of benzene rings is 1. The Balaban J connectivity index is 1.37. The molecule has 0 bridgehead atoms. The molecule has 168 valence electrons. The third kappa shape index (κ3) is 4.69. The molecule has 1 aliphatic heterocycles.